The van der Waals surface area contributed by atoms with Crippen molar-refractivity contribution in [3.63, 3.8) is 0 Å². The topological polar surface area (TPSA) is 142 Å². The van der Waals surface area contributed by atoms with Gasteiger partial charge in [-0.05, 0) is 42.8 Å². The van der Waals surface area contributed by atoms with E-state index in [4.69, 9.17) is 0 Å². The molecule has 0 fully saturated rings. The van der Waals surface area contributed by atoms with E-state index < -0.39 is 25.9 Å². The average molecular weight is 531 g/mol. The Hall–Kier alpha value is -3.57. The molecule has 13 heteroatoms. The first-order chi connectivity index (χ1) is 17.2. The van der Waals surface area contributed by atoms with Crippen molar-refractivity contribution in [3.8, 4) is 11.8 Å². The van der Waals surface area contributed by atoms with Crippen LogP contribution >= 0.6 is 0 Å². The van der Waals surface area contributed by atoms with Crippen molar-refractivity contribution in [2.75, 3.05) is 30.3 Å². The number of nitrogens with zero attached hydrogens (tertiary/aromatic N) is 2. The van der Waals surface area contributed by atoms with Crippen molar-refractivity contribution in [1.29, 1.82) is 0 Å². The van der Waals surface area contributed by atoms with Gasteiger partial charge in [0.2, 0.25) is 26.0 Å². The van der Waals surface area contributed by atoms with E-state index in [1.807, 2.05) is 0 Å². The largest absolute Gasteiger partial charge is 0.369 e. The Morgan fingerprint density at radius 1 is 1.11 bits per heavy atom. The fourth-order valence-corrected chi connectivity index (χ4v) is 5.43. The maximum Gasteiger partial charge on any atom is 0.240 e. The molecular weight excluding hydrogens is 507 g/mol. The maximum absolute atomic E-state index is 13.3. The quantitative estimate of drug-likeness (QED) is 0.297. The summed E-state index contributed by atoms with van der Waals surface area (Å²) in [5.41, 5.74) is 1.00. The second kappa shape index (κ2) is 11.0. The number of hydrogen-bond donors (Lipinski definition) is 4. The monoisotopic (exact) mass is 530 g/mol. The van der Waals surface area contributed by atoms with Gasteiger partial charge in [-0.25, -0.2) is 35.7 Å². The summed E-state index contributed by atoms with van der Waals surface area (Å²) in [5.74, 6) is 5.89. The van der Waals surface area contributed by atoms with Crippen LogP contribution in [0, 0.1) is 17.7 Å². The first kappa shape index (κ1) is 25.5. The third-order valence-corrected chi connectivity index (χ3v) is 7.92. The molecule has 0 radical (unpaired) electrons. The zero-order valence-electron chi connectivity index (χ0n) is 19.0. The number of rotatable bonds is 4. The lowest BCUT2D eigenvalue weighted by atomic mass is 10.2. The predicted octanol–water partition coefficient (Wildman–Crippen LogP) is 2.17. The Balaban J connectivity index is 1.47. The van der Waals surface area contributed by atoms with E-state index in [1.165, 1.54) is 36.5 Å². The normalized spacial score (nSPS) is 15.0. The third-order valence-electron chi connectivity index (χ3n) is 5.00. The maximum atomic E-state index is 13.3. The summed E-state index contributed by atoms with van der Waals surface area (Å²) in [4.78, 5) is 8.70. The molecule has 2 aromatic carbocycles. The van der Waals surface area contributed by atoms with Crippen LogP contribution in [0.25, 0.3) is 0 Å². The Bertz CT molecular complexity index is 1540. The first-order valence-electron chi connectivity index (χ1n) is 10.9. The number of hydrogen-bond acceptors (Lipinski definition) is 8. The number of sulfonamides is 2. The summed E-state index contributed by atoms with van der Waals surface area (Å²) in [6, 6.07) is 11.1. The molecule has 188 valence electrons. The van der Waals surface area contributed by atoms with Crippen LogP contribution in [-0.2, 0) is 20.0 Å². The van der Waals surface area contributed by atoms with Gasteiger partial charge in [-0.2, -0.15) is 4.98 Å². The molecule has 1 aliphatic rings. The molecule has 0 amide bonds. The molecule has 2 heterocycles. The van der Waals surface area contributed by atoms with Crippen molar-refractivity contribution < 1.29 is 21.2 Å². The Kier molecular flexibility index (Phi) is 7.80. The number of fused-ring (bicyclic) bond motifs is 4. The Morgan fingerprint density at radius 3 is 2.78 bits per heavy atom. The fraction of sp³-hybridized carbons (Fsp3) is 0.217. The van der Waals surface area contributed by atoms with E-state index in [0.29, 0.717) is 30.0 Å². The van der Waals surface area contributed by atoms with Crippen molar-refractivity contribution in [1.82, 2.24) is 19.4 Å². The molecule has 0 saturated heterocycles. The molecule has 0 unspecified atom stereocenters. The SMILES string of the molecule is O=S(=O)(NCCC#Cc1cnc2nc1NCCCNS(=O)(=O)c1cccc(c1)N2)c1cccc(F)c1. The van der Waals surface area contributed by atoms with Crippen LogP contribution in [0.1, 0.15) is 18.4 Å². The lowest BCUT2D eigenvalue weighted by Gasteiger charge is -2.10. The molecule has 4 bridgehead atoms. The van der Waals surface area contributed by atoms with Gasteiger partial charge in [0.05, 0.1) is 21.6 Å². The summed E-state index contributed by atoms with van der Waals surface area (Å²) < 4.78 is 67.8. The number of anilines is 3. The van der Waals surface area contributed by atoms with Crippen LogP contribution in [0.2, 0.25) is 0 Å². The van der Waals surface area contributed by atoms with Crippen LogP contribution in [0.4, 0.5) is 21.8 Å². The minimum atomic E-state index is -3.84. The van der Waals surface area contributed by atoms with E-state index in [0.717, 1.165) is 6.07 Å². The molecule has 0 spiro atoms. The molecular formula is C23H23FN6O4S2. The van der Waals surface area contributed by atoms with E-state index in [-0.39, 0.29) is 35.2 Å². The van der Waals surface area contributed by atoms with Gasteiger partial charge < -0.3 is 10.6 Å². The highest BCUT2D eigenvalue weighted by Gasteiger charge is 2.16. The zero-order chi connectivity index (χ0) is 25.6. The molecule has 36 heavy (non-hydrogen) atoms. The second-order valence-electron chi connectivity index (χ2n) is 7.69. The molecule has 0 saturated carbocycles. The number of aromatic nitrogens is 2. The van der Waals surface area contributed by atoms with E-state index >= 15 is 0 Å². The summed E-state index contributed by atoms with van der Waals surface area (Å²) in [5, 5.41) is 6.14. The summed E-state index contributed by atoms with van der Waals surface area (Å²) in [6.07, 6.45) is 2.23. The van der Waals surface area contributed by atoms with Crippen LogP contribution in [-0.4, -0.2) is 46.4 Å². The van der Waals surface area contributed by atoms with Gasteiger partial charge >= 0.3 is 0 Å². The van der Waals surface area contributed by atoms with Crippen molar-refractivity contribution >= 4 is 37.5 Å². The van der Waals surface area contributed by atoms with Gasteiger partial charge in [-0.3, -0.25) is 0 Å². The molecule has 10 nitrogen and oxygen atoms in total. The minimum Gasteiger partial charge on any atom is -0.369 e. The first-order valence-corrected chi connectivity index (χ1v) is 13.9. The van der Waals surface area contributed by atoms with Crippen LogP contribution in [0.15, 0.2) is 64.5 Å². The summed E-state index contributed by atoms with van der Waals surface area (Å²) in [6.45, 7) is 0.696. The molecule has 1 aliphatic heterocycles. The highest BCUT2D eigenvalue weighted by molar-refractivity contribution is 7.89. The third kappa shape index (κ3) is 6.55. The van der Waals surface area contributed by atoms with Gasteiger partial charge in [0.1, 0.15) is 11.6 Å². The van der Waals surface area contributed by atoms with Gasteiger partial charge in [0.15, 0.2) is 0 Å². The van der Waals surface area contributed by atoms with Gasteiger partial charge in [-0.15, -0.1) is 0 Å². The van der Waals surface area contributed by atoms with Crippen molar-refractivity contribution in [2.24, 2.45) is 0 Å². The molecule has 0 atom stereocenters. The van der Waals surface area contributed by atoms with Crippen LogP contribution in [0.3, 0.4) is 0 Å². The fourth-order valence-electron chi connectivity index (χ4n) is 3.25. The van der Waals surface area contributed by atoms with E-state index in [2.05, 4.69) is 41.9 Å². The second-order valence-corrected chi connectivity index (χ2v) is 11.2. The number of halogens is 1. The number of benzene rings is 2. The lowest BCUT2D eigenvalue weighted by molar-refractivity contribution is 0.577. The Morgan fingerprint density at radius 2 is 1.94 bits per heavy atom. The van der Waals surface area contributed by atoms with Gasteiger partial charge in [0.25, 0.3) is 0 Å². The summed E-state index contributed by atoms with van der Waals surface area (Å²) >= 11 is 0. The van der Waals surface area contributed by atoms with Crippen LogP contribution in [0.5, 0.6) is 0 Å². The summed E-state index contributed by atoms with van der Waals surface area (Å²) in [7, 11) is -7.48. The molecule has 0 aliphatic carbocycles. The van der Waals surface area contributed by atoms with Crippen LogP contribution < -0.4 is 20.1 Å². The standard InChI is InChI=1S/C23H23FN6O4S2/c24-18-7-3-9-20(14-18)35(31,32)27-12-2-1-6-17-16-26-23-29-19-8-4-10-21(15-19)36(33,34)28-13-5-11-25-22(17)30-23/h3-4,7-10,14-16,27-28H,2,5,11-13H2,(H2,25,26,29,30). The van der Waals surface area contributed by atoms with Crippen molar-refractivity contribution in [2.45, 2.75) is 22.6 Å². The van der Waals surface area contributed by atoms with E-state index in [9.17, 15) is 21.2 Å². The zero-order valence-corrected chi connectivity index (χ0v) is 20.6. The molecule has 3 aromatic rings. The Labute approximate surface area is 208 Å². The highest BCUT2D eigenvalue weighted by Crippen LogP contribution is 2.21. The van der Waals surface area contributed by atoms with Gasteiger partial charge in [-0.1, -0.05) is 24.0 Å². The molecule has 4 N–H and O–H groups in total. The average Bonchev–Trinajstić information content (AvgIpc) is 2.85. The molecule has 1 aromatic heterocycles. The van der Waals surface area contributed by atoms with E-state index in [1.54, 1.807) is 12.1 Å². The van der Waals surface area contributed by atoms with Crippen molar-refractivity contribution in [3.05, 3.63) is 66.1 Å². The number of nitrogens with one attached hydrogen (secondary N) is 4. The van der Waals surface area contributed by atoms with Gasteiger partial charge in [0, 0.05) is 31.7 Å². The minimum absolute atomic E-state index is 0.0333. The lowest BCUT2D eigenvalue weighted by Crippen LogP contribution is -2.26. The highest BCUT2D eigenvalue weighted by atomic mass is 32.2. The molecule has 4 rings (SSSR count). The smallest absolute Gasteiger partial charge is 0.240 e. The predicted molar refractivity (Wildman–Crippen MR) is 133 cm³/mol.